The Hall–Kier alpha value is -2.76. The minimum absolute atomic E-state index is 0.0145. The molecule has 1 aliphatic carbocycles. The van der Waals surface area contributed by atoms with Gasteiger partial charge in [-0.05, 0) is 36.5 Å². The summed E-state index contributed by atoms with van der Waals surface area (Å²) in [5.74, 6) is -3.11. The lowest BCUT2D eigenvalue weighted by atomic mass is 9.81. The van der Waals surface area contributed by atoms with Gasteiger partial charge in [0.15, 0.2) is 0 Å². The highest BCUT2D eigenvalue weighted by Gasteiger charge is 2.32. The lowest BCUT2D eigenvalue weighted by molar-refractivity contribution is 0.0694. The van der Waals surface area contributed by atoms with E-state index in [1.54, 1.807) is 0 Å². The third-order valence-corrected chi connectivity index (χ3v) is 5.35. The van der Waals surface area contributed by atoms with E-state index >= 15 is 0 Å². The maximum atomic E-state index is 13.5. The van der Waals surface area contributed by atoms with Crippen LogP contribution in [-0.2, 0) is 0 Å². The molecule has 5 nitrogen and oxygen atoms in total. The molecule has 1 aliphatic rings. The van der Waals surface area contributed by atoms with E-state index in [0.717, 1.165) is 32.1 Å². The van der Waals surface area contributed by atoms with Crippen LogP contribution in [0.15, 0.2) is 24.3 Å². The fourth-order valence-electron chi connectivity index (χ4n) is 4.05. The minimum atomic E-state index is -1.23. The highest BCUT2D eigenvalue weighted by molar-refractivity contribution is 6.06. The Labute approximate surface area is 163 Å². The molecule has 0 saturated heterocycles. The molecule has 0 aliphatic heterocycles. The fraction of sp³-hybridized carbons (Fsp3) is 0.409. The van der Waals surface area contributed by atoms with Crippen molar-refractivity contribution in [3.63, 3.8) is 0 Å². The summed E-state index contributed by atoms with van der Waals surface area (Å²) in [5, 5.41) is 19.9. The van der Waals surface area contributed by atoms with Gasteiger partial charge in [0.1, 0.15) is 5.82 Å². The number of carbonyl (C=O) groups is 2. The number of benzene rings is 1. The van der Waals surface area contributed by atoms with Crippen LogP contribution in [0.3, 0.4) is 0 Å². The summed E-state index contributed by atoms with van der Waals surface area (Å²) in [7, 11) is 0. The zero-order chi connectivity index (χ0) is 20.4. The molecule has 3 rings (SSSR count). The summed E-state index contributed by atoms with van der Waals surface area (Å²) in [6.07, 6.45) is 4.76. The van der Waals surface area contributed by atoms with E-state index < -0.39 is 17.8 Å². The minimum Gasteiger partial charge on any atom is -0.478 e. The quantitative estimate of drug-likeness (QED) is 0.714. The van der Waals surface area contributed by atoms with Gasteiger partial charge in [0, 0.05) is 11.5 Å². The molecule has 148 valence electrons. The molecule has 6 heteroatoms. The van der Waals surface area contributed by atoms with Crippen molar-refractivity contribution >= 4 is 11.9 Å². The van der Waals surface area contributed by atoms with Crippen LogP contribution in [0.25, 0.3) is 11.1 Å². The van der Waals surface area contributed by atoms with Crippen molar-refractivity contribution in [3.8, 4) is 11.1 Å². The molecule has 2 aromatic rings. The van der Waals surface area contributed by atoms with Gasteiger partial charge in [-0.15, -0.1) is 0 Å². The second kappa shape index (κ2) is 8.09. The molecule has 1 saturated carbocycles. The Morgan fingerprint density at radius 1 is 1.00 bits per heavy atom. The zero-order valence-corrected chi connectivity index (χ0v) is 16.0. The molecular formula is C22H24FNO4. The van der Waals surface area contributed by atoms with Gasteiger partial charge in [-0.25, -0.2) is 14.0 Å². The number of aromatic nitrogens is 1. The number of hydrogen-bond donors (Lipinski definition) is 2. The topological polar surface area (TPSA) is 87.5 Å². The van der Waals surface area contributed by atoms with E-state index in [2.05, 4.69) is 4.98 Å². The first-order valence-electron chi connectivity index (χ1n) is 9.61. The summed E-state index contributed by atoms with van der Waals surface area (Å²) in [5.41, 5.74) is 1.15. The van der Waals surface area contributed by atoms with Gasteiger partial charge in [0.2, 0.25) is 0 Å². The van der Waals surface area contributed by atoms with Crippen LogP contribution in [0.1, 0.15) is 89.9 Å². The van der Waals surface area contributed by atoms with E-state index in [1.165, 1.54) is 24.3 Å². The summed E-state index contributed by atoms with van der Waals surface area (Å²) in [6, 6.07) is 5.28. The average Bonchev–Trinajstić information content (AvgIpc) is 2.67. The Bertz CT molecular complexity index is 900. The third-order valence-electron chi connectivity index (χ3n) is 5.35. The molecule has 0 radical (unpaired) electrons. The van der Waals surface area contributed by atoms with E-state index in [-0.39, 0.29) is 28.5 Å². The molecule has 2 N–H and O–H groups in total. The van der Waals surface area contributed by atoms with E-state index in [9.17, 15) is 24.2 Å². The van der Waals surface area contributed by atoms with E-state index in [4.69, 9.17) is 0 Å². The molecule has 1 heterocycles. The van der Waals surface area contributed by atoms with Crippen molar-refractivity contribution < 1.29 is 24.2 Å². The predicted octanol–water partition coefficient (Wildman–Crippen LogP) is 5.46. The van der Waals surface area contributed by atoms with Gasteiger partial charge in [-0.2, -0.15) is 0 Å². The Balaban J connectivity index is 2.40. The largest absolute Gasteiger partial charge is 0.478 e. The lowest BCUT2D eigenvalue weighted by Gasteiger charge is -2.26. The van der Waals surface area contributed by atoms with Crippen molar-refractivity contribution in [3.05, 3.63) is 52.6 Å². The molecule has 28 heavy (non-hydrogen) atoms. The number of carboxylic acid groups (broad SMARTS) is 2. The van der Waals surface area contributed by atoms with Gasteiger partial charge < -0.3 is 10.2 Å². The average molecular weight is 385 g/mol. The second-order valence-corrected chi connectivity index (χ2v) is 7.61. The molecule has 0 atom stereocenters. The Morgan fingerprint density at radius 2 is 1.57 bits per heavy atom. The van der Waals surface area contributed by atoms with Crippen molar-refractivity contribution in [1.29, 1.82) is 0 Å². The van der Waals surface area contributed by atoms with Crippen molar-refractivity contribution in [2.45, 2.75) is 57.8 Å². The van der Waals surface area contributed by atoms with Gasteiger partial charge in [-0.3, -0.25) is 4.98 Å². The SMILES string of the molecule is CC(C)c1nc(C2CCCCC2)c(C(=O)O)c(-c2ccc(F)cc2)c1C(=O)O. The van der Waals surface area contributed by atoms with Crippen molar-refractivity contribution in [2.24, 2.45) is 0 Å². The first-order valence-corrected chi connectivity index (χ1v) is 9.61. The number of carboxylic acids is 2. The van der Waals surface area contributed by atoms with Gasteiger partial charge in [0.25, 0.3) is 0 Å². The van der Waals surface area contributed by atoms with E-state index in [1.807, 2.05) is 13.8 Å². The summed E-state index contributed by atoms with van der Waals surface area (Å²) in [4.78, 5) is 29.0. The summed E-state index contributed by atoms with van der Waals surface area (Å²) >= 11 is 0. The number of rotatable bonds is 5. The van der Waals surface area contributed by atoms with Crippen LogP contribution in [0.4, 0.5) is 4.39 Å². The maximum absolute atomic E-state index is 13.5. The standard InChI is InChI=1S/C22H24FNO4/c1-12(2)19-17(21(25)26)16(13-8-10-15(23)11-9-13)18(22(27)28)20(24-19)14-6-4-3-5-7-14/h8-12,14H,3-7H2,1-2H3,(H,25,26)(H,27,28). The first-order chi connectivity index (χ1) is 13.3. The fourth-order valence-corrected chi connectivity index (χ4v) is 4.05. The van der Waals surface area contributed by atoms with Crippen LogP contribution >= 0.6 is 0 Å². The Morgan fingerprint density at radius 3 is 2.07 bits per heavy atom. The van der Waals surface area contributed by atoms with Crippen molar-refractivity contribution in [1.82, 2.24) is 4.98 Å². The summed E-state index contributed by atoms with van der Waals surface area (Å²) < 4.78 is 13.5. The molecule has 0 bridgehead atoms. The molecule has 0 spiro atoms. The number of halogens is 1. The maximum Gasteiger partial charge on any atom is 0.338 e. The highest BCUT2D eigenvalue weighted by Crippen LogP contribution is 2.40. The van der Waals surface area contributed by atoms with Crippen LogP contribution < -0.4 is 0 Å². The van der Waals surface area contributed by atoms with Gasteiger partial charge >= 0.3 is 11.9 Å². The Kier molecular flexibility index (Phi) is 5.77. The molecular weight excluding hydrogens is 361 g/mol. The predicted molar refractivity (Wildman–Crippen MR) is 103 cm³/mol. The van der Waals surface area contributed by atoms with Crippen LogP contribution in [-0.4, -0.2) is 27.1 Å². The van der Waals surface area contributed by atoms with E-state index in [0.29, 0.717) is 17.0 Å². The molecule has 1 aromatic heterocycles. The number of pyridine rings is 1. The molecule has 0 unspecified atom stereocenters. The highest BCUT2D eigenvalue weighted by atomic mass is 19.1. The monoisotopic (exact) mass is 385 g/mol. The van der Waals surface area contributed by atoms with Gasteiger partial charge in [-0.1, -0.05) is 45.2 Å². The van der Waals surface area contributed by atoms with Gasteiger partial charge in [0.05, 0.1) is 22.5 Å². The number of hydrogen-bond acceptors (Lipinski definition) is 3. The van der Waals surface area contributed by atoms with Crippen LogP contribution in [0.2, 0.25) is 0 Å². The molecule has 0 amide bonds. The second-order valence-electron chi connectivity index (χ2n) is 7.61. The lowest BCUT2D eigenvalue weighted by Crippen LogP contribution is -2.20. The van der Waals surface area contributed by atoms with Crippen molar-refractivity contribution in [2.75, 3.05) is 0 Å². The number of aromatic carboxylic acids is 2. The van der Waals surface area contributed by atoms with Crippen LogP contribution in [0.5, 0.6) is 0 Å². The molecule has 1 fully saturated rings. The normalized spacial score (nSPS) is 15.0. The van der Waals surface area contributed by atoms with Crippen LogP contribution in [0, 0.1) is 5.82 Å². The zero-order valence-electron chi connectivity index (χ0n) is 16.0. The number of nitrogens with zero attached hydrogens (tertiary/aromatic N) is 1. The smallest absolute Gasteiger partial charge is 0.338 e. The summed E-state index contributed by atoms with van der Waals surface area (Å²) in [6.45, 7) is 3.68. The third kappa shape index (κ3) is 3.77. The molecule has 1 aromatic carbocycles. The first kappa shape index (κ1) is 20.0.